The van der Waals surface area contributed by atoms with Gasteiger partial charge in [0.05, 0.1) is 11.6 Å². The van der Waals surface area contributed by atoms with E-state index in [9.17, 15) is 13.2 Å². The zero-order valence-electron chi connectivity index (χ0n) is 12.1. The number of aromatic nitrogens is 1. The number of pyridine rings is 1. The van der Waals surface area contributed by atoms with Crippen LogP contribution in [0.3, 0.4) is 0 Å². The fraction of sp³-hybridized carbons (Fsp3) is 0.312. The highest BCUT2D eigenvalue weighted by Crippen LogP contribution is 2.36. The minimum Gasteiger partial charge on any atom is -0.309 e. The summed E-state index contributed by atoms with van der Waals surface area (Å²) in [7, 11) is 1.65. The summed E-state index contributed by atoms with van der Waals surface area (Å²) in [6.07, 6.45) is -1.95. The van der Waals surface area contributed by atoms with Crippen molar-refractivity contribution in [3.63, 3.8) is 0 Å². The van der Waals surface area contributed by atoms with Gasteiger partial charge in [0.25, 0.3) is 0 Å². The van der Waals surface area contributed by atoms with E-state index in [2.05, 4.69) is 10.3 Å². The topological polar surface area (TPSA) is 24.9 Å². The quantitative estimate of drug-likeness (QED) is 0.924. The van der Waals surface area contributed by atoms with E-state index in [1.807, 2.05) is 32.0 Å². The van der Waals surface area contributed by atoms with Crippen LogP contribution in [0.4, 0.5) is 13.2 Å². The Bertz CT molecular complexity index is 636. The van der Waals surface area contributed by atoms with Crippen LogP contribution in [-0.2, 0) is 6.18 Å². The summed E-state index contributed by atoms with van der Waals surface area (Å²) < 4.78 is 39.6. The molecule has 0 radical (unpaired) electrons. The average molecular weight is 294 g/mol. The number of benzene rings is 1. The lowest BCUT2D eigenvalue weighted by Gasteiger charge is -2.23. The summed E-state index contributed by atoms with van der Waals surface area (Å²) in [4.78, 5) is 3.87. The SMILES string of the molecule is CNC(c1cnccc1C(F)(F)F)c1cccc(C)c1C. The van der Waals surface area contributed by atoms with Gasteiger partial charge in [0.15, 0.2) is 0 Å². The molecule has 0 amide bonds. The molecule has 0 saturated carbocycles. The highest BCUT2D eigenvalue weighted by molar-refractivity contribution is 5.43. The van der Waals surface area contributed by atoms with Crippen LogP contribution in [0.25, 0.3) is 0 Å². The molecular weight excluding hydrogens is 277 g/mol. The molecule has 5 heteroatoms. The minimum atomic E-state index is -4.40. The van der Waals surface area contributed by atoms with Gasteiger partial charge in [0.2, 0.25) is 0 Å². The normalized spacial score (nSPS) is 13.2. The van der Waals surface area contributed by atoms with Crippen molar-refractivity contribution in [2.45, 2.75) is 26.1 Å². The number of halogens is 3. The molecular formula is C16H17F3N2. The molecule has 0 aliphatic carbocycles. The van der Waals surface area contributed by atoms with Crippen LogP contribution >= 0.6 is 0 Å². The van der Waals surface area contributed by atoms with Gasteiger partial charge in [-0.3, -0.25) is 4.98 Å². The van der Waals surface area contributed by atoms with Crippen LogP contribution in [-0.4, -0.2) is 12.0 Å². The van der Waals surface area contributed by atoms with Gasteiger partial charge in [-0.15, -0.1) is 0 Å². The maximum Gasteiger partial charge on any atom is 0.416 e. The molecule has 1 aromatic carbocycles. The Morgan fingerprint density at radius 2 is 1.81 bits per heavy atom. The van der Waals surface area contributed by atoms with Crippen LogP contribution in [0, 0.1) is 13.8 Å². The number of nitrogens with zero attached hydrogens (tertiary/aromatic N) is 1. The summed E-state index contributed by atoms with van der Waals surface area (Å²) in [6.45, 7) is 3.86. The largest absolute Gasteiger partial charge is 0.416 e. The third kappa shape index (κ3) is 3.08. The Labute approximate surface area is 122 Å². The Hall–Kier alpha value is -1.88. The Kier molecular flexibility index (Phi) is 4.32. The molecule has 1 aromatic heterocycles. The first kappa shape index (κ1) is 15.5. The zero-order chi connectivity index (χ0) is 15.6. The standard InChI is InChI=1S/C16H17F3N2/c1-10-5-4-6-12(11(10)2)15(20-3)13-9-21-8-7-14(13)16(17,18)19/h4-9,15,20H,1-3H3. The van der Waals surface area contributed by atoms with E-state index >= 15 is 0 Å². The second-order valence-electron chi connectivity index (χ2n) is 4.97. The van der Waals surface area contributed by atoms with Crippen molar-refractivity contribution in [2.75, 3.05) is 7.05 Å². The Morgan fingerprint density at radius 3 is 2.43 bits per heavy atom. The fourth-order valence-corrected chi connectivity index (χ4v) is 2.46. The van der Waals surface area contributed by atoms with Crippen LogP contribution in [0.2, 0.25) is 0 Å². The van der Waals surface area contributed by atoms with E-state index in [1.165, 1.54) is 12.4 Å². The molecule has 0 spiro atoms. The van der Waals surface area contributed by atoms with E-state index in [0.717, 1.165) is 22.8 Å². The van der Waals surface area contributed by atoms with Gasteiger partial charge in [0, 0.05) is 18.0 Å². The Balaban J connectivity index is 2.60. The molecule has 21 heavy (non-hydrogen) atoms. The third-order valence-corrected chi connectivity index (χ3v) is 3.71. The average Bonchev–Trinajstić information content (AvgIpc) is 2.44. The number of rotatable bonds is 3. The maximum absolute atomic E-state index is 13.2. The fourth-order valence-electron chi connectivity index (χ4n) is 2.46. The van der Waals surface area contributed by atoms with Gasteiger partial charge in [-0.05, 0) is 43.7 Å². The van der Waals surface area contributed by atoms with Gasteiger partial charge in [-0.1, -0.05) is 18.2 Å². The van der Waals surface area contributed by atoms with E-state index in [1.54, 1.807) is 7.05 Å². The summed E-state index contributed by atoms with van der Waals surface area (Å²) in [6, 6.07) is 6.11. The van der Waals surface area contributed by atoms with Gasteiger partial charge in [-0.25, -0.2) is 0 Å². The minimum absolute atomic E-state index is 0.140. The van der Waals surface area contributed by atoms with Crippen LogP contribution in [0.15, 0.2) is 36.7 Å². The maximum atomic E-state index is 13.2. The van der Waals surface area contributed by atoms with Crippen molar-refractivity contribution in [3.05, 3.63) is 64.5 Å². The molecule has 1 heterocycles. The number of nitrogens with one attached hydrogen (secondary N) is 1. The summed E-state index contributed by atoms with van der Waals surface area (Å²) in [5, 5.41) is 2.98. The predicted molar refractivity (Wildman–Crippen MR) is 76.1 cm³/mol. The Morgan fingerprint density at radius 1 is 1.10 bits per heavy atom. The van der Waals surface area contributed by atoms with Gasteiger partial charge in [0.1, 0.15) is 0 Å². The van der Waals surface area contributed by atoms with E-state index < -0.39 is 17.8 Å². The van der Waals surface area contributed by atoms with Crippen molar-refractivity contribution in [1.82, 2.24) is 10.3 Å². The van der Waals surface area contributed by atoms with Crippen molar-refractivity contribution in [1.29, 1.82) is 0 Å². The van der Waals surface area contributed by atoms with Crippen LogP contribution in [0.1, 0.15) is 33.9 Å². The van der Waals surface area contributed by atoms with E-state index in [4.69, 9.17) is 0 Å². The molecule has 2 rings (SSSR count). The second-order valence-corrected chi connectivity index (χ2v) is 4.97. The first-order valence-corrected chi connectivity index (χ1v) is 6.60. The molecule has 0 saturated heterocycles. The lowest BCUT2D eigenvalue weighted by Crippen LogP contribution is -2.23. The van der Waals surface area contributed by atoms with Gasteiger partial charge < -0.3 is 5.32 Å². The zero-order valence-corrected chi connectivity index (χ0v) is 12.1. The second kappa shape index (κ2) is 5.85. The van der Waals surface area contributed by atoms with Crippen LogP contribution in [0.5, 0.6) is 0 Å². The summed E-state index contributed by atoms with van der Waals surface area (Å²) in [5.74, 6) is 0. The molecule has 1 atom stereocenters. The van der Waals surface area contributed by atoms with Crippen molar-refractivity contribution in [3.8, 4) is 0 Å². The monoisotopic (exact) mass is 294 g/mol. The van der Waals surface area contributed by atoms with Crippen molar-refractivity contribution >= 4 is 0 Å². The number of aryl methyl sites for hydroxylation is 1. The molecule has 1 unspecified atom stereocenters. The predicted octanol–water partition coefficient (Wildman–Crippen LogP) is 4.03. The highest BCUT2D eigenvalue weighted by Gasteiger charge is 2.35. The molecule has 112 valence electrons. The lowest BCUT2D eigenvalue weighted by atomic mass is 9.91. The van der Waals surface area contributed by atoms with Gasteiger partial charge >= 0.3 is 6.18 Å². The number of alkyl halides is 3. The molecule has 2 aromatic rings. The summed E-state index contributed by atoms with van der Waals surface area (Å²) >= 11 is 0. The lowest BCUT2D eigenvalue weighted by molar-refractivity contribution is -0.138. The molecule has 0 fully saturated rings. The van der Waals surface area contributed by atoms with E-state index in [-0.39, 0.29) is 5.56 Å². The first-order valence-electron chi connectivity index (χ1n) is 6.60. The van der Waals surface area contributed by atoms with Gasteiger partial charge in [-0.2, -0.15) is 13.2 Å². The highest BCUT2D eigenvalue weighted by atomic mass is 19.4. The number of hydrogen-bond acceptors (Lipinski definition) is 2. The third-order valence-electron chi connectivity index (χ3n) is 3.71. The van der Waals surface area contributed by atoms with E-state index in [0.29, 0.717) is 0 Å². The van der Waals surface area contributed by atoms with Crippen molar-refractivity contribution < 1.29 is 13.2 Å². The smallest absolute Gasteiger partial charge is 0.309 e. The molecule has 0 bridgehead atoms. The number of hydrogen-bond donors (Lipinski definition) is 1. The molecule has 0 aliphatic rings. The first-order chi connectivity index (χ1) is 9.86. The molecule has 1 N–H and O–H groups in total. The van der Waals surface area contributed by atoms with Crippen molar-refractivity contribution in [2.24, 2.45) is 0 Å². The summed E-state index contributed by atoms with van der Waals surface area (Å²) in [5.41, 5.74) is 2.34. The van der Waals surface area contributed by atoms with Crippen LogP contribution < -0.4 is 5.32 Å². The molecule has 2 nitrogen and oxygen atoms in total. The molecule has 0 aliphatic heterocycles.